The number of anilines is 1. The molecule has 2 aromatic heterocycles. The van der Waals surface area contributed by atoms with Crippen molar-refractivity contribution in [3.05, 3.63) is 101 Å². The molecule has 0 aliphatic rings. The number of benzene rings is 3. The van der Waals surface area contributed by atoms with E-state index in [0.717, 1.165) is 16.3 Å². The van der Waals surface area contributed by atoms with Gasteiger partial charge in [0.2, 0.25) is 0 Å². The average molecular weight is 439 g/mol. The third-order valence-corrected chi connectivity index (χ3v) is 5.37. The van der Waals surface area contributed by atoms with Crippen LogP contribution in [-0.4, -0.2) is 22.3 Å². The van der Waals surface area contributed by atoms with Crippen LogP contribution in [0, 0.1) is 0 Å². The fourth-order valence-electron chi connectivity index (χ4n) is 3.89. The highest BCUT2D eigenvalue weighted by Crippen LogP contribution is 2.24. The van der Waals surface area contributed by atoms with Crippen LogP contribution in [0.2, 0.25) is 0 Å². The van der Waals surface area contributed by atoms with E-state index in [9.17, 15) is 9.59 Å². The zero-order valence-electron chi connectivity index (χ0n) is 17.9. The molecule has 0 bridgehead atoms. The van der Waals surface area contributed by atoms with E-state index in [1.54, 1.807) is 28.9 Å². The van der Waals surface area contributed by atoms with Gasteiger partial charge in [0, 0.05) is 29.8 Å². The summed E-state index contributed by atoms with van der Waals surface area (Å²) in [5.74, 6) is 0.526. The number of ether oxygens (including phenoxy) is 1. The van der Waals surface area contributed by atoms with Gasteiger partial charge in [0.1, 0.15) is 11.3 Å². The van der Waals surface area contributed by atoms with Crippen molar-refractivity contribution in [3.63, 3.8) is 0 Å². The minimum atomic E-state index is -0.609. The van der Waals surface area contributed by atoms with E-state index in [0.29, 0.717) is 35.7 Å². The molecule has 0 aliphatic carbocycles. The van der Waals surface area contributed by atoms with Crippen LogP contribution in [0.1, 0.15) is 22.8 Å². The third kappa shape index (κ3) is 4.21. The minimum Gasteiger partial charge on any atom is -0.494 e. The SMILES string of the molecule is CCOc1ccc2c(C(=O)Nc3ccn(Cc4cccc5ccccc45)n3)cc(=O)oc2c1. The predicted octanol–water partition coefficient (Wildman–Crippen LogP) is 4.84. The van der Waals surface area contributed by atoms with Crippen molar-refractivity contribution in [2.45, 2.75) is 13.5 Å². The Morgan fingerprint density at radius 2 is 1.88 bits per heavy atom. The summed E-state index contributed by atoms with van der Waals surface area (Å²) in [6.07, 6.45) is 1.81. The van der Waals surface area contributed by atoms with Gasteiger partial charge in [-0.05, 0) is 35.4 Å². The Morgan fingerprint density at radius 3 is 2.76 bits per heavy atom. The molecule has 0 saturated carbocycles. The third-order valence-electron chi connectivity index (χ3n) is 5.37. The molecule has 33 heavy (non-hydrogen) atoms. The normalized spacial score (nSPS) is 11.1. The van der Waals surface area contributed by atoms with Crippen LogP contribution in [0.5, 0.6) is 5.75 Å². The highest BCUT2D eigenvalue weighted by atomic mass is 16.5. The second kappa shape index (κ2) is 8.63. The molecule has 0 atom stereocenters. The van der Waals surface area contributed by atoms with Gasteiger partial charge >= 0.3 is 5.63 Å². The van der Waals surface area contributed by atoms with Crippen LogP contribution in [-0.2, 0) is 6.54 Å². The Balaban J connectivity index is 1.39. The van der Waals surface area contributed by atoms with Crippen molar-refractivity contribution >= 4 is 33.5 Å². The van der Waals surface area contributed by atoms with Crippen molar-refractivity contribution < 1.29 is 13.9 Å². The maximum Gasteiger partial charge on any atom is 0.337 e. The number of carbonyl (C=O) groups excluding carboxylic acids is 1. The van der Waals surface area contributed by atoms with Crippen LogP contribution < -0.4 is 15.7 Å². The van der Waals surface area contributed by atoms with Crippen molar-refractivity contribution in [2.75, 3.05) is 11.9 Å². The highest BCUT2D eigenvalue weighted by Gasteiger charge is 2.15. The number of nitrogens with zero attached hydrogens (tertiary/aromatic N) is 2. The highest BCUT2D eigenvalue weighted by molar-refractivity contribution is 6.11. The number of nitrogens with one attached hydrogen (secondary N) is 1. The number of amides is 1. The van der Waals surface area contributed by atoms with E-state index in [1.165, 1.54) is 6.07 Å². The summed E-state index contributed by atoms with van der Waals surface area (Å²) in [5, 5.41) is 10.1. The van der Waals surface area contributed by atoms with Crippen molar-refractivity contribution in [2.24, 2.45) is 0 Å². The summed E-state index contributed by atoms with van der Waals surface area (Å²) < 4.78 is 12.5. The summed E-state index contributed by atoms with van der Waals surface area (Å²) in [6.45, 7) is 2.91. The van der Waals surface area contributed by atoms with E-state index in [-0.39, 0.29) is 5.56 Å². The Kier molecular flexibility index (Phi) is 5.36. The van der Waals surface area contributed by atoms with E-state index in [4.69, 9.17) is 9.15 Å². The number of fused-ring (bicyclic) bond motifs is 2. The molecular weight excluding hydrogens is 418 g/mol. The summed E-state index contributed by atoms with van der Waals surface area (Å²) in [7, 11) is 0. The molecule has 1 N–H and O–H groups in total. The van der Waals surface area contributed by atoms with Crippen LogP contribution in [0.4, 0.5) is 5.82 Å². The maximum absolute atomic E-state index is 13.0. The summed E-state index contributed by atoms with van der Waals surface area (Å²) >= 11 is 0. The van der Waals surface area contributed by atoms with E-state index in [2.05, 4.69) is 34.7 Å². The first-order valence-corrected chi connectivity index (χ1v) is 10.6. The number of aromatic nitrogens is 2. The molecule has 5 rings (SSSR count). The van der Waals surface area contributed by atoms with Gasteiger partial charge in [-0.2, -0.15) is 5.10 Å². The number of hydrogen-bond acceptors (Lipinski definition) is 5. The number of carbonyl (C=O) groups is 1. The number of hydrogen-bond donors (Lipinski definition) is 1. The van der Waals surface area contributed by atoms with Gasteiger partial charge in [0.05, 0.1) is 18.7 Å². The first-order valence-electron chi connectivity index (χ1n) is 10.6. The molecule has 0 aliphatic heterocycles. The van der Waals surface area contributed by atoms with E-state index >= 15 is 0 Å². The van der Waals surface area contributed by atoms with Gasteiger partial charge in [-0.25, -0.2) is 4.79 Å². The monoisotopic (exact) mass is 439 g/mol. The van der Waals surface area contributed by atoms with Gasteiger partial charge in [-0.3, -0.25) is 9.48 Å². The van der Waals surface area contributed by atoms with Gasteiger partial charge < -0.3 is 14.5 Å². The van der Waals surface area contributed by atoms with Crippen LogP contribution in [0.25, 0.3) is 21.7 Å². The molecule has 0 spiro atoms. The summed E-state index contributed by atoms with van der Waals surface area (Å²) in [6, 6.07) is 22.3. The molecule has 5 aromatic rings. The lowest BCUT2D eigenvalue weighted by Gasteiger charge is -2.08. The first-order chi connectivity index (χ1) is 16.1. The van der Waals surface area contributed by atoms with Crippen molar-refractivity contribution in [1.82, 2.24) is 9.78 Å². The smallest absolute Gasteiger partial charge is 0.337 e. The van der Waals surface area contributed by atoms with Crippen molar-refractivity contribution in [1.29, 1.82) is 0 Å². The average Bonchev–Trinajstić information content (AvgIpc) is 3.25. The molecule has 0 saturated heterocycles. The molecule has 0 fully saturated rings. The Hall–Kier alpha value is -4.39. The quantitative estimate of drug-likeness (QED) is 0.383. The standard InChI is InChI=1S/C26H21N3O4/c1-2-32-19-10-11-21-22(15-25(30)33-23(21)14-19)26(31)27-24-12-13-29(28-24)16-18-8-5-7-17-6-3-4-9-20(17)18/h3-15H,2,16H2,1H3,(H,27,28,31). The largest absolute Gasteiger partial charge is 0.494 e. The Morgan fingerprint density at radius 1 is 1.03 bits per heavy atom. The van der Waals surface area contributed by atoms with Crippen LogP contribution in [0.15, 0.2) is 88.2 Å². The lowest BCUT2D eigenvalue weighted by Crippen LogP contribution is -2.16. The molecule has 0 radical (unpaired) electrons. The fourth-order valence-corrected chi connectivity index (χ4v) is 3.89. The molecule has 7 heteroatoms. The maximum atomic E-state index is 13.0. The van der Waals surface area contributed by atoms with E-state index < -0.39 is 11.5 Å². The number of rotatable bonds is 6. The van der Waals surface area contributed by atoms with Gasteiger partial charge in [-0.15, -0.1) is 0 Å². The van der Waals surface area contributed by atoms with Gasteiger partial charge in [-0.1, -0.05) is 42.5 Å². The van der Waals surface area contributed by atoms with Gasteiger partial charge in [0.25, 0.3) is 5.91 Å². The molecule has 7 nitrogen and oxygen atoms in total. The zero-order valence-corrected chi connectivity index (χ0v) is 17.9. The van der Waals surface area contributed by atoms with Crippen LogP contribution >= 0.6 is 0 Å². The molecule has 164 valence electrons. The van der Waals surface area contributed by atoms with Crippen LogP contribution in [0.3, 0.4) is 0 Å². The minimum absolute atomic E-state index is 0.216. The second-order valence-electron chi connectivity index (χ2n) is 7.56. The van der Waals surface area contributed by atoms with Crippen molar-refractivity contribution in [3.8, 4) is 5.75 Å². The first kappa shape index (κ1) is 20.5. The predicted molar refractivity (Wildman–Crippen MR) is 127 cm³/mol. The molecule has 3 aromatic carbocycles. The second-order valence-corrected chi connectivity index (χ2v) is 7.56. The fraction of sp³-hybridized carbons (Fsp3) is 0.115. The molecule has 0 unspecified atom stereocenters. The lowest BCUT2D eigenvalue weighted by atomic mass is 10.0. The Bertz CT molecular complexity index is 1530. The molecular formula is C26H21N3O4. The van der Waals surface area contributed by atoms with Gasteiger partial charge in [0.15, 0.2) is 5.82 Å². The van der Waals surface area contributed by atoms with E-state index in [1.807, 2.05) is 31.3 Å². The lowest BCUT2D eigenvalue weighted by molar-refractivity contribution is 0.102. The topological polar surface area (TPSA) is 86.4 Å². The molecule has 1 amide bonds. The molecule has 2 heterocycles. The summed E-state index contributed by atoms with van der Waals surface area (Å²) in [4.78, 5) is 25.0. The summed E-state index contributed by atoms with van der Waals surface area (Å²) in [5.41, 5.74) is 1.03. The zero-order chi connectivity index (χ0) is 22.8. The Labute approximate surface area is 189 Å².